The summed E-state index contributed by atoms with van der Waals surface area (Å²) in [6, 6.07) is 13.7. The van der Waals surface area contributed by atoms with Gasteiger partial charge in [0, 0.05) is 12.1 Å². The SMILES string of the molecule is CCCCNC(=O)C(=O)N/N=C/c1cccc2ccccc12. The van der Waals surface area contributed by atoms with Crippen LogP contribution in [-0.2, 0) is 9.59 Å². The molecule has 0 saturated heterocycles. The summed E-state index contributed by atoms with van der Waals surface area (Å²) in [4.78, 5) is 23.0. The monoisotopic (exact) mass is 297 g/mol. The molecule has 2 amide bonds. The zero-order valence-corrected chi connectivity index (χ0v) is 12.5. The summed E-state index contributed by atoms with van der Waals surface area (Å²) >= 11 is 0. The topological polar surface area (TPSA) is 70.6 Å². The second-order valence-corrected chi connectivity index (χ2v) is 4.88. The summed E-state index contributed by atoms with van der Waals surface area (Å²) < 4.78 is 0. The van der Waals surface area contributed by atoms with Gasteiger partial charge in [0.2, 0.25) is 0 Å². The van der Waals surface area contributed by atoms with E-state index >= 15 is 0 Å². The van der Waals surface area contributed by atoms with Crippen LogP contribution in [0.5, 0.6) is 0 Å². The molecule has 114 valence electrons. The minimum absolute atomic E-state index is 0.496. The first-order valence-corrected chi connectivity index (χ1v) is 7.31. The van der Waals surface area contributed by atoms with Gasteiger partial charge in [0.1, 0.15) is 0 Å². The molecule has 2 aromatic carbocycles. The van der Waals surface area contributed by atoms with E-state index in [0.717, 1.165) is 29.2 Å². The number of unbranched alkanes of at least 4 members (excludes halogenated alkanes) is 1. The van der Waals surface area contributed by atoms with E-state index in [9.17, 15) is 9.59 Å². The molecule has 0 heterocycles. The molecule has 0 atom stereocenters. The number of rotatable bonds is 5. The Bertz CT molecular complexity index is 690. The first kappa shape index (κ1) is 15.7. The Labute approximate surface area is 129 Å². The lowest BCUT2D eigenvalue weighted by Gasteiger charge is -2.03. The van der Waals surface area contributed by atoms with Crippen LogP contribution in [0.1, 0.15) is 25.3 Å². The maximum absolute atomic E-state index is 11.6. The molecule has 2 aromatic rings. The van der Waals surface area contributed by atoms with Crippen molar-refractivity contribution in [3.63, 3.8) is 0 Å². The van der Waals surface area contributed by atoms with E-state index in [1.165, 1.54) is 0 Å². The normalized spacial score (nSPS) is 10.8. The lowest BCUT2D eigenvalue weighted by molar-refractivity contribution is -0.139. The first-order valence-electron chi connectivity index (χ1n) is 7.31. The molecule has 0 unspecified atom stereocenters. The third-order valence-corrected chi connectivity index (χ3v) is 3.22. The minimum Gasteiger partial charge on any atom is -0.348 e. The molecule has 0 spiro atoms. The fraction of sp³-hybridized carbons (Fsp3) is 0.235. The van der Waals surface area contributed by atoms with Gasteiger partial charge in [-0.3, -0.25) is 9.59 Å². The van der Waals surface area contributed by atoms with Crippen molar-refractivity contribution in [1.82, 2.24) is 10.7 Å². The van der Waals surface area contributed by atoms with Gasteiger partial charge in [-0.05, 0) is 17.2 Å². The van der Waals surface area contributed by atoms with Gasteiger partial charge >= 0.3 is 11.8 Å². The van der Waals surface area contributed by atoms with Crippen LogP contribution in [0, 0.1) is 0 Å². The lowest BCUT2D eigenvalue weighted by atomic mass is 10.1. The van der Waals surface area contributed by atoms with Crippen molar-refractivity contribution in [2.24, 2.45) is 5.10 Å². The number of benzene rings is 2. The summed E-state index contributed by atoms with van der Waals surface area (Å²) in [6.45, 7) is 2.51. The standard InChI is InChI=1S/C17H19N3O2/c1-2-3-11-18-16(21)17(22)20-19-12-14-9-6-8-13-7-4-5-10-15(13)14/h4-10,12H,2-3,11H2,1H3,(H,18,21)(H,20,22)/b19-12+. The number of hydrogen-bond acceptors (Lipinski definition) is 3. The van der Waals surface area contributed by atoms with E-state index in [1.807, 2.05) is 49.4 Å². The number of nitrogens with one attached hydrogen (secondary N) is 2. The largest absolute Gasteiger partial charge is 0.348 e. The number of carbonyl (C=O) groups is 2. The van der Waals surface area contributed by atoms with Crippen LogP contribution >= 0.6 is 0 Å². The highest BCUT2D eigenvalue weighted by Crippen LogP contribution is 2.16. The average molecular weight is 297 g/mol. The van der Waals surface area contributed by atoms with Crippen LogP contribution in [0.4, 0.5) is 0 Å². The number of hydrogen-bond donors (Lipinski definition) is 2. The highest BCUT2D eigenvalue weighted by Gasteiger charge is 2.10. The van der Waals surface area contributed by atoms with Crippen molar-refractivity contribution in [2.45, 2.75) is 19.8 Å². The lowest BCUT2D eigenvalue weighted by Crippen LogP contribution is -2.38. The first-order chi connectivity index (χ1) is 10.7. The van der Waals surface area contributed by atoms with Crippen molar-refractivity contribution in [3.8, 4) is 0 Å². The van der Waals surface area contributed by atoms with Crippen molar-refractivity contribution in [3.05, 3.63) is 48.0 Å². The quantitative estimate of drug-likeness (QED) is 0.384. The Kier molecular flexibility index (Phi) is 5.65. The van der Waals surface area contributed by atoms with Crippen LogP contribution in [0.25, 0.3) is 10.8 Å². The smallest absolute Gasteiger partial charge is 0.329 e. The molecule has 0 radical (unpaired) electrons. The second-order valence-electron chi connectivity index (χ2n) is 4.88. The average Bonchev–Trinajstić information content (AvgIpc) is 2.55. The van der Waals surface area contributed by atoms with Crippen LogP contribution in [0.2, 0.25) is 0 Å². The molecule has 2 N–H and O–H groups in total. The summed E-state index contributed by atoms with van der Waals surface area (Å²) in [6.07, 6.45) is 3.35. The molecule has 2 rings (SSSR count). The van der Waals surface area contributed by atoms with E-state index in [1.54, 1.807) is 6.21 Å². The molecule has 0 saturated carbocycles. The summed E-state index contributed by atoms with van der Waals surface area (Å²) in [5, 5.41) is 8.52. The van der Waals surface area contributed by atoms with Gasteiger partial charge in [-0.1, -0.05) is 55.8 Å². The minimum atomic E-state index is -0.757. The van der Waals surface area contributed by atoms with Crippen LogP contribution in [-0.4, -0.2) is 24.6 Å². The number of hydrazone groups is 1. The van der Waals surface area contributed by atoms with Gasteiger partial charge in [0.05, 0.1) is 6.21 Å². The molecule has 5 nitrogen and oxygen atoms in total. The highest BCUT2D eigenvalue weighted by atomic mass is 16.2. The number of amides is 2. The zero-order valence-electron chi connectivity index (χ0n) is 12.5. The zero-order chi connectivity index (χ0) is 15.8. The predicted molar refractivity (Wildman–Crippen MR) is 87.6 cm³/mol. The van der Waals surface area contributed by atoms with Crippen molar-refractivity contribution in [2.75, 3.05) is 6.54 Å². The Morgan fingerprint density at radius 2 is 1.86 bits per heavy atom. The second kappa shape index (κ2) is 7.93. The molecule has 22 heavy (non-hydrogen) atoms. The summed E-state index contributed by atoms with van der Waals surface area (Å²) in [7, 11) is 0. The van der Waals surface area contributed by atoms with Crippen LogP contribution in [0.15, 0.2) is 47.6 Å². The molecule has 0 aromatic heterocycles. The van der Waals surface area contributed by atoms with Crippen LogP contribution < -0.4 is 10.7 Å². The highest BCUT2D eigenvalue weighted by molar-refractivity contribution is 6.35. The number of nitrogens with zero attached hydrogens (tertiary/aromatic N) is 1. The summed E-state index contributed by atoms with van der Waals surface area (Å²) in [5.41, 5.74) is 3.12. The molecule has 0 aliphatic rings. The van der Waals surface area contributed by atoms with E-state index in [-0.39, 0.29) is 0 Å². The Morgan fingerprint density at radius 1 is 1.09 bits per heavy atom. The maximum atomic E-state index is 11.6. The Balaban J connectivity index is 1.97. The Morgan fingerprint density at radius 3 is 2.68 bits per heavy atom. The Hall–Kier alpha value is -2.69. The molecular weight excluding hydrogens is 278 g/mol. The van der Waals surface area contributed by atoms with E-state index in [0.29, 0.717) is 6.54 Å². The van der Waals surface area contributed by atoms with Gasteiger partial charge in [-0.25, -0.2) is 5.43 Å². The van der Waals surface area contributed by atoms with E-state index in [4.69, 9.17) is 0 Å². The number of fused-ring (bicyclic) bond motifs is 1. The number of carbonyl (C=O) groups excluding carboxylic acids is 2. The van der Waals surface area contributed by atoms with Gasteiger partial charge in [0.15, 0.2) is 0 Å². The maximum Gasteiger partial charge on any atom is 0.329 e. The fourth-order valence-electron chi connectivity index (χ4n) is 2.03. The predicted octanol–water partition coefficient (Wildman–Crippen LogP) is 2.21. The van der Waals surface area contributed by atoms with Gasteiger partial charge in [-0.2, -0.15) is 5.10 Å². The van der Waals surface area contributed by atoms with Gasteiger partial charge < -0.3 is 5.32 Å². The van der Waals surface area contributed by atoms with E-state index in [2.05, 4.69) is 15.8 Å². The molecule has 0 bridgehead atoms. The van der Waals surface area contributed by atoms with Crippen molar-refractivity contribution in [1.29, 1.82) is 0 Å². The molecule has 0 aliphatic carbocycles. The molecule has 5 heteroatoms. The third kappa shape index (κ3) is 4.15. The summed E-state index contributed by atoms with van der Waals surface area (Å²) in [5.74, 6) is -1.42. The third-order valence-electron chi connectivity index (χ3n) is 3.22. The van der Waals surface area contributed by atoms with E-state index < -0.39 is 11.8 Å². The van der Waals surface area contributed by atoms with Gasteiger partial charge in [-0.15, -0.1) is 0 Å². The van der Waals surface area contributed by atoms with Crippen molar-refractivity contribution < 1.29 is 9.59 Å². The fourth-order valence-corrected chi connectivity index (χ4v) is 2.03. The molecule has 0 fully saturated rings. The van der Waals surface area contributed by atoms with Crippen LogP contribution in [0.3, 0.4) is 0 Å². The van der Waals surface area contributed by atoms with Gasteiger partial charge in [0.25, 0.3) is 0 Å². The molecule has 0 aliphatic heterocycles. The molecular formula is C17H19N3O2. The van der Waals surface area contributed by atoms with Crippen molar-refractivity contribution >= 4 is 28.8 Å².